The Morgan fingerprint density at radius 3 is 2.87 bits per heavy atom. The van der Waals surface area contributed by atoms with Gasteiger partial charge in [-0.05, 0) is 49.1 Å². The van der Waals surface area contributed by atoms with Crippen LogP contribution in [0.2, 0.25) is 5.02 Å². The third kappa shape index (κ3) is 2.93. The molecular formula is C12H15ClFN. The van der Waals surface area contributed by atoms with Gasteiger partial charge in [0.05, 0.1) is 0 Å². The number of halogens is 2. The van der Waals surface area contributed by atoms with Gasteiger partial charge in [-0.3, -0.25) is 0 Å². The van der Waals surface area contributed by atoms with Crippen molar-refractivity contribution in [1.82, 2.24) is 5.32 Å². The van der Waals surface area contributed by atoms with Crippen LogP contribution in [-0.2, 0) is 6.54 Å². The van der Waals surface area contributed by atoms with E-state index in [9.17, 15) is 4.39 Å². The van der Waals surface area contributed by atoms with Crippen LogP contribution in [0.1, 0.15) is 24.8 Å². The lowest BCUT2D eigenvalue weighted by atomic mass is 9.85. The summed E-state index contributed by atoms with van der Waals surface area (Å²) in [7, 11) is 0. The molecule has 3 heteroatoms. The predicted octanol–water partition coefficient (Wildman–Crippen LogP) is 3.37. The summed E-state index contributed by atoms with van der Waals surface area (Å²) >= 11 is 5.95. The highest BCUT2D eigenvalue weighted by Gasteiger charge is 2.16. The van der Waals surface area contributed by atoms with E-state index >= 15 is 0 Å². The van der Waals surface area contributed by atoms with Crippen molar-refractivity contribution in [2.24, 2.45) is 5.92 Å². The SMILES string of the molecule is Fc1ccc(Cl)c(CNCC2CCC2)c1. The van der Waals surface area contributed by atoms with E-state index in [0.717, 1.165) is 18.0 Å². The summed E-state index contributed by atoms with van der Waals surface area (Å²) in [6.07, 6.45) is 4.00. The van der Waals surface area contributed by atoms with Crippen molar-refractivity contribution in [2.75, 3.05) is 6.54 Å². The molecule has 0 spiro atoms. The second-order valence-electron chi connectivity index (χ2n) is 4.16. The fourth-order valence-corrected chi connectivity index (χ4v) is 1.97. The minimum Gasteiger partial charge on any atom is -0.312 e. The van der Waals surface area contributed by atoms with E-state index in [2.05, 4.69) is 5.32 Å². The summed E-state index contributed by atoms with van der Waals surface area (Å²) < 4.78 is 12.9. The lowest BCUT2D eigenvalue weighted by molar-refractivity contribution is 0.301. The second-order valence-corrected chi connectivity index (χ2v) is 4.57. The van der Waals surface area contributed by atoms with Crippen LogP contribution in [-0.4, -0.2) is 6.54 Å². The summed E-state index contributed by atoms with van der Waals surface area (Å²) in [6.45, 7) is 1.68. The summed E-state index contributed by atoms with van der Waals surface area (Å²) in [5.74, 6) is 0.595. The van der Waals surface area contributed by atoms with Crippen LogP contribution in [0.15, 0.2) is 18.2 Å². The molecule has 0 atom stereocenters. The molecule has 1 fully saturated rings. The van der Waals surface area contributed by atoms with Gasteiger partial charge in [-0.25, -0.2) is 4.39 Å². The first kappa shape index (κ1) is 10.9. The van der Waals surface area contributed by atoms with E-state index in [1.54, 1.807) is 6.07 Å². The molecule has 0 heterocycles. The summed E-state index contributed by atoms with van der Waals surface area (Å²) in [6, 6.07) is 4.49. The van der Waals surface area contributed by atoms with Gasteiger partial charge in [0.25, 0.3) is 0 Å². The van der Waals surface area contributed by atoms with Crippen molar-refractivity contribution >= 4 is 11.6 Å². The van der Waals surface area contributed by atoms with Gasteiger partial charge in [-0.2, -0.15) is 0 Å². The van der Waals surface area contributed by atoms with Crippen LogP contribution in [0, 0.1) is 11.7 Å². The Bertz CT molecular complexity index is 336. The summed E-state index contributed by atoms with van der Waals surface area (Å²) in [5.41, 5.74) is 0.844. The molecule has 0 aromatic heterocycles. The topological polar surface area (TPSA) is 12.0 Å². The van der Waals surface area contributed by atoms with E-state index < -0.39 is 0 Å². The van der Waals surface area contributed by atoms with E-state index in [0.29, 0.717) is 11.6 Å². The van der Waals surface area contributed by atoms with Crippen LogP contribution in [0.3, 0.4) is 0 Å². The highest BCUT2D eigenvalue weighted by molar-refractivity contribution is 6.31. The van der Waals surface area contributed by atoms with Crippen molar-refractivity contribution in [3.05, 3.63) is 34.6 Å². The Morgan fingerprint density at radius 1 is 1.40 bits per heavy atom. The van der Waals surface area contributed by atoms with Gasteiger partial charge in [0, 0.05) is 11.6 Å². The zero-order valence-electron chi connectivity index (χ0n) is 8.60. The largest absolute Gasteiger partial charge is 0.312 e. The molecule has 0 saturated heterocycles. The molecule has 82 valence electrons. The first-order valence-electron chi connectivity index (χ1n) is 5.40. The smallest absolute Gasteiger partial charge is 0.123 e. The monoisotopic (exact) mass is 227 g/mol. The van der Waals surface area contributed by atoms with Gasteiger partial charge in [0.1, 0.15) is 5.82 Å². The van der Waals surface area contributed by atoms with Gasteiger partial charge in [0.15, 0.2) is 0 Å². The number of hydrogen-bond donors (Lipinski definition) is 1. The first-order valence-corrected chi connectivity index (χ1v) is 5.78. The molecule has 1 aromatic carbocycles. The minimum absolute atomic E-state index is 0.222. The molecule has 0 unspecified atom stereocenters. The first-order chi connectivity index (χ1) is 7.25. The number of benzene rings is 1. The third-order valence-corrected chi connectivity index (χ3v) is 3.35. The average Bonchev–Trinajstić information content (AvgIpc) is 2.15. The molecule has 1 saturated carbocycles. The normalized spacial score (nSPS) is 16.4. The molecule has 0 radical (unpaired) electrons. The molecule has 0 aliphatic heterocycles. The molecule has 0 bridgehead atoms. The lowest BCUT2D eigenvalue weighted by Crippen LogP contribution is -2.27. The van der Waals surface area contributed by atoms with Gasteiger partial charge in [-0.15, -0.1) is 0 Å². The van der Waals surface area contributed by atoms with Crippen LogP contribution in [0.4, 0.5) is 4.39 Å². The van der Waals surface area contributed by atoms with Crippen molar-refractivity contribution in [3.8, 4) is 0 Å². The number of nitrogens with one attached hydrogen (secondary N) is 1. The summed E-state index contributed by atoms with van der Waals surface area (Å²) in [4.78, 5) is 0. The zero-order chi connectivity index (χ0) is 10.7. The molecule has 1 aliphatic rings. The quantitative estimate of drug-likeness (QED) is 0.832. The molecule has 1 nitrogen and oxygen atoms in total. The Morgan fingerprint density at radius 2 is 2.20 bits per heavy atom. The van der Waals surface area contributed by atoms with Gasteiger partial charge < -0.3 is 5.32 Å². The van der Waals surface area contributed by atoms with Crippen LogP contribution in [0.25, 0.3) is 0 Å². The maximum atomic E-state index is 12.9. The Labute approximate surface area is 94.6 Å². The van der Waals surface area contributed by atoms with Gasteiger partial charge in [0.2, 0.25) is 0 Å². The molecule has 1 aromatic rings. The fourth-order valence-electron chi connectivity index (χ4n) is 1.79. The van der Waals surface area contributed by atoms with E-state index in [1.165, 1.54) is 31.4 Å². The predicted molar refractivity (Wildman–Crippen MR) is 60.5 cm³/mol. The summed E-state index contributed by atoms with van der Waals surface area (Å²) in [5, 5.41) is 3.96. The van der Waals surface area contributed by atoms with E-state index in [-0.39, 0.29) is 5.82 Å². The average molecular weight is 228 g/mol. The molecule has 1 N–H and O–H groups in total. The van der Waals surface area contributed by atoms with Crippen molar-refractivity contribution in [1.29, 1.82) is 0 Å². The lowest BCUT2D eigenvalue weighted by Gasteiger charge is -2.25. The molecular weight excluding hydrogens is 213 g/mol. The third-order valence-electron chi connectivity index (χ3n) is 2.98. The highest BCUT2D eigenvalue weighted by Crippen LogP contribution is 2.25. The molecule has 2 rings (SSSR count). The Hall–Kier alpha value is -0.600. The van der Waals surface area contributed by atoms with Gasteiger partial charge >= 0.3 is 0 Å². The fraction of sp³-hybridized carbons (Fsp3) is 0.500. The van der Waals surface area contributed by atoms with Crippen molar-refractivity contribution in [3.63, 3.8) is 0 Å². The van der Waals surface area contributed by atoms with Gasteiger partial charge in [-0.1, -0.05) is 18.0 Å². The number of rotatable bonds is 4. The van der Waals surface area contributed by atoms with Crippen LogP contribution < -0.4 is 5.32 Å². The minimum atomic E-state index is -0.222. The number of hydrogen-bond acceptors (Lipinski definition) is 1. The van der Waals surface area contributed by atoms with Crippen LogP contribution >= 0.6 is 11.6 Å². The second kappa shape index (κ2) is 4.95. The highest BCUT2D eigenvalue weighted by atomic mass is 35.5. The van der Waals surface area contributed by atoms with Crippen molar-refractivity contribution < 1.29 is 4.39 Å². The Balaban J connectivity index is 1.83. The molecule has 0 amide bonds. The molecule has 15 heavy (non-hydrogen) atoms. The molecule has 1 aliphatic carbocycles. The van der Waals surface area contributed by atoms with Crippen LogP contribution in [0.5, 0.6) is 0 Å². The standard InChI is InChI=1S/C12H15ClFN/c13-12-5-4-11(14)6-10(12)8-15-7-9-2-1-3-9/h4-6,9,15H,1-3,7-8H2. The maximum absolute atomic E-state index is 12.9. The maximum Gasteiger partial charge on any atom is 0.123 e. The zero-order valence-corrected chi connectivity index (χ0v) is 9.36. The Kier molecular flexibility index (Phi) is 3.60. The van der Waals surface area contributed by atoms with Crippen molar-refractivity contribution in [2.45, 2.75) is 25.8 Å². The van der Waals surface area contributed by atoms with E-state index in [1.807, 2.05) is 0 Å². The van der Waals surface area contributed by atoms with E-state index in [4.69, 9.17) is 11.6 Å².